The summed E-state index contributed by atoms with van der Waals surface area (Å²) in [5.41, 5.74) is 0. The zero-order valence-electron chi connectivity index (χ0n) is 9.94. The van der Waals surface area contributed by atoms with E-state index in [0.29, 0.717) is 18.1 Å². The minimum Gasteiger partial charge on any atom is -0.367 e. The average Bonchev–Trinajstić information content (AvgIpc) is 3.15. The highest BCUT2D eigenvalue weighted by atomic mass is 32.2. The third kappa shape index (κ3) is 2.39. The van der Waals surface area contributed by atoms with E-state index >= 15 is 0 Å². The lowest BCUT2D eigenvalue weighted by Gasteiger charge is -2.19. The molecule has 1 aliphatic heterocycles. The van der Waals surface area contributed by atoms with Gasteiger partial charge in [0.15, 0.2) is 11.5 Å². The molecule has 0 spiro atoms. The molecule has 1 aromatic carbocycles. The van der Waals surface area contributed by atoms with Gasteiger partial charge in [0.2, 0.25) is 0 Å². The van der Waals surface area contributed by atoms with Crippen LogP contribution in [0.5, 0.6) is 5.75 Å². The fourth-order valence-electron chi connectivity index (χ4n) is 2.26. The maximum atomic E-state index is 11.8. The molecule has 1 unspecified atom stereocenters. The molecule has 0 radical (unpaired) electrons. The SMILES string of the molecule is C[C@H]1CC(=O)C(SOOc2ccccc2)[C@H]2O[C@H]21. The lowest BCUT2D eigenvalue weighted by molar-refractivity contribution is -0.121. The summed E-state index contributed by atoms with van der Waals surface area (Å²) in [6.07, 6.45) is 0.791. The largest absolute Gasteiger partial charge is 0.367 e. The predicted octanol–water partition coefficient (Wildman–Crippen LogP) is 2.39. The first-order valence-electron chi connectivity index (χ1n) is 5.99. The maximum Gasteiger partial charge on any atom is 0.166 e. The Labute approximate surface area is 110 Å². The zero-order chi connectivity index (χ0) is 12.5. The lowest BCUT2D eigenvalue weighted by Crippen LogP contribution is -2.33. The number of epoxide rings is 1. The van der Waals surface area contributed by atoms with Crippen molar-refractivity contribution in [1.29, 1.82) is 0 Å². The van der Waals surface area contributed by atoms with Crippen LogP contribution in [0.2, 0.25) is 0 Å². The summed E-state index contributed by atoms with van der Waals surface area (Å²) in [7, 11) is 0. The molecule has 1 aromatic rings. The van der Waals surface area contributed by atoms with E-state index in [9.17, 15) is 4.79 Å². The number of hydrogen-bond acceptors (Lipinski definition) is 5. The second kappa shape index (κ2) is 4.91. The van der Waals surface area contributed by atoms with Gasteiger partial charge in [-0.3, -0.25) is 4.79 Å². The Kier molecular flexibility index (Phi) is 3.28. The van der Waals surface area contributed by atoms with E-state index in [0.717, 1.165) is 12.0 Å². The van der Waals surface area contributed by atoms with Crippen molar-refractivity contribution in [2.24, 2.45) is 5.92 Å². The summed E-state index contributed by atoms with van der Waals surface area (Å²) in [4.78, 5) is 17.0. The summed E-state index contributed by atoms with van der Waals surface area (Å²) in [5, 5.41) is -0.255. The molecule has 3 rings (SSSR count). The Hall–Kier alpha value is -1.04. The average molecular weight is 266 g/mol. The molecule has 1 heterocycles. The van der Waals surface area contributed by atoms with Gasteiger partial charge < -0.3 is 9.62 Å². The number of benzene rings is 1. The number of carbonyl (C=O) groups is 1. The van der Waals surface area contributed by atoms with Gasteiger partial charge in [-0.25, -0.2) is 0 Å². The number of rotatable bonds is 4. The van der Waals surface area contributed by atoms with Crippen molar-refractivity contribution >= 4 is 17.8 Å². The number of hydrogen-bond donors (Lipinski definition) is 0. The molecular formula is C13H14O4S. The lowest BCUT2D eigenvalue weighted by atomic mass is 9.89. The Balaban J connectivity index is 1.50. The Morgan fingerprint density at radius 1 is 1.28 bits per heavy atom. The van der Waals surface area contributed by atoms with Crippen LogP contribution in [0.3, 0.4) is 0 Å². The van der Waals surface area contributed by atoms with E-state index in [2.05, 4.69) is 0 Å². The number of carbonyl (C=O) groups excluding carboxylic acids is 1. The smallest absolute Gasteiger partial charge is 0.166 e. The van der Waals surface area contributed by atoms with Gasteiger partial charge in [0.1, 0.15) is 11.4 Å². The zero-order valence-corrected chi connectivity index (χ0v) is 10.8. The van der Waals surface area contributed by atoms with Crippen molar-refractivity contribution in [2.75, 3.05) is 0 Å². The highest BCUT2D eigenvalue weighted by molar-refractivity contribution is 7.96. The molecule has 1 aliphatic carbocycles. The number of Topliss-reactive ketones (excluding diaryl/α,β-unsaturated/α-hetero) is 1. The molecule has 1 saturated heterocycles. The van der Waals surface area contributed by atoms with Crippen LogP contribution in [0.15, 0.2) is 30.3 Å². The van der Waals surface area contributed by atoms with Gasteiger partial charge in [-0.05, 0) is 18.1 Å². The van der Waals surface area contributed by atoms with Crippen molar-refractivity contribution in [3.8, 4) is 5.75 Å². The minimum absolute atomic E-state index is 0.00521. The normalized spacial score (nSPS) is 33.9. The van der Waals surface area contributed by atoms with Crippen LogP contribution in [-0.2, 0) is 13.9 Å². The van der Waals surface area contributed by atoms with Crippen molar-refractivity contribution in [1.82, 2.24) is 0 Å². The Morgan fingerprint density at radius 2 is 2.06 bits per heavy atom. The van der Waals surface area contributed by atoms with Gasteiger partial charge in [0, 0.05) is 6.42 Å². The standard InChI is InChI=1S/C13H14O4S/c1-8-7-10(14)13(12-11(8)15-12)18-17-16-9-5-3-2-4-6-9/h2-6,8,11-13H,7H2,1H3/t8-,11-,12-,13?/m0/s1. The van der Waals surface area contributed by atoms with Gasteiger partial charge >= 0.3 is 0 Å². The van der Waals surface area contributed by atoms with Crippen LogP contribution in [0.25, 0.3) is 0 Å². The topological polar surface area (TPSA) is 48.1 Å². The first-order chi connectivity index (χ1) is 8.75. The number of ether oxygens (including phenoxy) is 1. The Bertz CT molecular complexity index is 436. The van der Waals surface area contributed by atoms with Crippen molar-refractivity contribution in [2.45, 2.75) is 30.8 Å². The van der Waals surface area contributed by atoms with E-state index in [1.165, 1.54) is 0 Å². The van der Waals surface area contributed by atoms with Crippen LogP contribution < -0.4 is 4.89 Å². The molecule has 4 atom stereocenters. The van der Waals surface area contributed by atoms with Crippen LogP contribution in [0.1, 0.15) is 13.3 Å². The summed E-state index contributed by atoms with van der Waals surface area (Å²) in [6.45, 7) is 2.05. The summed E-state index contributed by atoms with van der Waals surface area (Å²) >= 11 is 1.06. The van der Waals surface area contributed by atoms with E-state index in [1.54, 1.807) is 12.1 Å². The van der Waals surface area contributed by atoms with Crippen LogP contribution in [0, 0.1) is 5.92 Å². The molecule has 4 nitrogen and oxygen atoms in total. The summed E-state index contributed by atoms with van der Waals surface area (Å²) in [5.74, 6) is 1.13. The minimum atomic E-state index is -0.255. The quantitative estimate of drug-likeness (QED) is 0.362. The maximum absolute atomic E-state index is 11.8. The molecule has 0 N–H and O–H groups in total. The first kappa shape index (κ1) is 12.0. The van der Waals surface area contributed by atoms with Crippen LogP contribution >= 0.6 is 12.0 Å². The highest BCUT2D eigenvalue weighted by Gasteiger charge is 2.55. The van der Waals surface area contributed by atoms with Gasteiger partial charge in [-0.2, -0.15) is 0 Å². The molecule has 18 heavy (non-hydrogen) atoms. The summed E-state index contributed by atoms with van der Waals surface area (Å²) < 4.78 is 10.6. The van der Waals surface area contributed by atoms with Crippen molar-refractivity contribution in [3.05, 3.63) is 30.3 Å². The van der Waals surface area contributed by atoms with E-state index in [-0.39, 0.29) is 23.2 Å². The van der Waals surface area contributed by atoms with E-state index < -0.39 is 0 Å². The molecular weight excluding hydrogens is 252 g/mol. The number of ketones is 1. The van der Waals surface area contributed by atoms with Crippen LogP contribution in [-0.4, -0.2) is 23.2 Å². The first-order valence-corrected chi connectivity index (χ1v) is 6.79. The summed E-state index contributed by atoms with van der Waals surface area (Å²) in [6, 6.07) is 9.20. The Morgan fingerprint density at radius 3 is 2.83 bits per heavy atom. The fourth-order valence-corrected chi connectivity index (χ4v) is 2.99. The van der Waals surface area contributed by atoms with Gasteiger partial charge in [0.05, 0.1) is 18.1 Å². The van der Waals surface area contributed by atoms with Crippen LogP contribution in [0.4, 0.5) is 0 Å². The molecule has 96 valence electrons. The fraction of sp³-hybridized carbons (Fsp3) is 0.462. The molecule has 5 heteroatoms. The predicted molar refractivity (Wildman–Crippen MR) is 67.0 cm³/mol. The van der Waals surface area contributed by atoms with E-state index in [1.807, 2.05) is 25.1 Å². The van der Waals surface area contributed by atoms with Crippen molar-refractivity contribution in [3.63, 3.8) is 0 Å². The molecule has 0 bridgehead atoms. The molecule has 1 saturated carbocycles. The third-order valence-corrected chi connectivity index (χ3v) is 4.16. The van der Waals surface area contributed by atoms with Gasteiger partial charge in [-0.15, -0.1) is 4.33 Å². The molecule has 2 fully saturated rings. The molecule has 0 aromatic heterocycles. The number of para-hydroxylation sites is 1. The highest BCUT2D eigenvalue weighted by Crippen LogP contribution is 2.44. The third-order valence-electron chi connectivity index (χ3n) is 3.28. The van der Waals surface area contributed by atoms with Gasteiger partial charge in [0.25, 0.3) is 0 Å². The molecule has 0 amide bonds. The van der Waals surface area contributed by atoms with E-state index in [4.69, 9.17) is 14.0 Å². The van der Waals surface area contributed by atoms with Gasteiger partial charge in [-0.1, -0.05) is 25.1 Å². The second-order valence-electron chi connectivity index (χ2n) is 4.69. The molecule has 2 aliphatic rings. The number of fused-ring (bicyclic) bond motifs is 1. The monoisotopic (exact) mass is 266 g/mol. The second-order valence-corrected chi connectivity index (χ2v) is 5.53. The van der Waals surface area contributed by atoms with Crippen molar-refractivity contribution < 1.29 is 18.8 Å².